The van der Waals surface area contributed by atoms with Gasteiger partial charge < -0.3 is 9.47 Å². The third kappa shape index (κ3) is 6.99. The number of hydrogen-bond donors (Lipinski definition) is 0. The Morgan fingerprint density at radius 2 is 1.63 bits per heavy atom. The molecular weight excluding hydrogens is 374 g/mol. The number of pyridine rings is 1. The Labute approximate surface area is 183 Å². The maximum Gasteiger partial charge on any atom is 0.314 e. The minimum atomic E-state index is -0.0850. The van der Waals surface area contributed by atoms with Crippen molar-refractivity contribution in [1.82, 2.24) is 4.98 Å². The minimum Gasteiger partial charge on any atom is -0.478 e. The van der Waals surface area contributed by atoms with E-state index in [1.54, 1.807) is 18.3 Å². The van der Waals surface area contributed by atoms with Crippen molar-refractivity contribution >= 4 is 5.97 Å². The van der Waals surface area contributed by atoms with Crippen LogP contribution in [0.5, 0.6) is 11.6 Å². The highest BCUT2D eigenvalue weighted by molar-refractivity contribution is 5.75. The number of carbonyl (C=O) groups excluding carboxylic acids is 1. The van der Waals surface area contributed by atoms with Gasteiger partial charge in [0, 0.05) is 6.07 Å². The van der Waals surface area contributed by atoms with Gasteiger partial charge in [0.2, 0.25) is 5.88 Å². The number of nitrogens with zero attached hydrogens (tertiary/aromatic N) is 1. The minimum absolute atomic E-state index is 0.0442. The molecule has 0 bridgehead atoms. The molecule has 0 saturated heterocycles. The lowest BCUT2D eigenvalue weighted by molar-refractivity contribution is -0.140. The number of rotatable bonds is 10. The van der Waals surface area contributed by atoms with Gasteiger partial charge in [-0.3, -0.25) is 4.79 Å². The first kappa shape index (κ1) is 23.1. The van der Waals surface area contributed by atoms with Crippen LogP contribution in [0.15, 0.2) is 18.3 Å². The lowest BCUT2D eigenvalue weighted by Gasteiger charge is -2.37. The van der Waals surface area contributed by atoms with E-state index in [0.29, 0.717) is 18.2 Å². The fraction of sp³-hybridized carbons (Fsp3) is 0.769. The molecule has 4 nitrogen and oxygen atoms in total. The number of hydrogen-bond acceptors (Lipinski definition) is 4. The van der Waals surface area contributed by atoms with Crippen LogP contribution in [-0.4, -0.2) is 17.6 Å². The number of carbonyl (C=O) groups is 1. The van der Waals surface area contributed by atoms with E-state index in [1.807, 2.05) is 0 Å². The summed E-state index contributed by atoms with van der Waals surface area (Å²) in [4.78, 5) is 16.9. The van der Waals surface area contributed by atoms with Gasteiger partial charge in [-0.1, -0.05) is 52.4 Å². The summed E-state index contributed by atoms with van der Waals surface area (Å²) in [5.74, 6) is 3.76. The van der Waals surface area contributed by atoms with Gasteiger partial charge in [0.1, 0.15) is 5.75 Å². The molecule has 0 N–H and O–H groups in total. The third-order valence-corrected chi connectivity index (χ3v) is 7.42. The van der Waals surface area contributed by atoms with E-state index in [2.05, 4.69) is 18.8 Å². The topological polar surface area (TPSA) is 48.4 Å². The highest BCUT2D eigenvalue weighted by Crippen LogP contribution is 2.42. The number of unbranched alkanes of at least 4 members (excludes halogenated alkanes) is 3. The van der Waals surface area contributed by atoms with Gasteiger partial charge in [0.15, 0.2) is 0 Å². The predicted molar refractivity (Wildman–Crippen MR) is 121 cm³/mol. The lowest BCUT2D eigenvalue weighted by atomic mass is 9.69. The summed E-state index contributed by atoms with van der Waals surface area (Å²) >= 11 is 0. The Morgan fingerprint density at radius 3 is 2.23 bits per heavy atom. The quantitative estimate of drug-likeness (QED) is 0.306. The number of aromatic nitrogens is 1. The lowest BCUT2D eigenvalue weighted by Crippen LogP contribution is -2.30. The van der Waals surface area contributed by atoms with Crippen molar-refractivity contribution in [3.05, 3.63) is 18.3 Å². The summed E-state index contributed by atoms with van der Waals surface area (Å²) in [5.41, 5.74) is 0. The molecule has 1 heterocycles. The second-order valence-electron chi connectivity index (χ2n) is 9.46. The van der Waals surface area contributed by atoms with Crippen LogP contribution in [0.4, 0.5) is 0 Å². The van der Waals surface area contributed by atoms with Gasteiger partial charge in [0.05, 0.1) is 18.7 Å². The molecule has 0 unspecified atom stereocenters. The molecule has 2 aliphatic carbocycles. The van der Waals surface area contributed by atoms with Gasteiger partial charge in [-0.15, -0.1) is 0 Å². The number of ether oxygens (including phenoxy) is 2. The summed E-state index contributed by atoms with van der Waals surface area (Å²) in [6, 6.07) is 3.59. The van der Waals surface area contributed by atoms with E-state index < -0.39 is 0 Å². The molecule has 1 aromatic rings. The SMILES string of the molecule is CCCCCCOc1ccc(OC(=O)[C@H]2CC[C@H]([C@H]3CC[C@H](CC)CC3)CC2)cn1. The average molecular weight is 416 g/mol. The fourth-order valence-electron chi connectivity index (χ4n) is 5.31. The van der Waals surface area contributed by atoms with E-state index in [1.165, 1.54) is 64.2 Å². The summed E-state index contributed by atoms with van der Waals surface area (Å²) in [7, 11) is 0. The molecule has 168 valence electrons. The Bertz CT molecular complexity index is 614. The van der Waals surface area contributed by atoms with Crippen LogP contribution in [0.1, 0.15) is 97.3 Å². The summed E-state index contributed by atoms with van der Waals surface area (Å²) < 4.78 is 11.3. The van der Waals surface area contributed by atoms with Gasteiger partial charge in [-0.2, -0.15) is 0 Å². The molecule has 1 aromatic heterocycles. The Kier molecular flexibility index (Phi) is 9.48. The first-order chi connectivity index (χ1) is 14.7. The van der Waals surface area contributed by atoms with E-state index in [4.69, 9.17) is 9.47 Å². The van der Waals surface area contributed by atoms with Gasteiger partial charge in [0.25, 0.3) is 0 Å². The first-order valence-corrected chi connectivity index (χ1v) is 12.5. The van der Waals surface area contributed by atoms with Crippen molar-refractivity contribution in [2.45, 2.75) is 97.3 Å². The molecule has 3 rings (SSSR count). The Balaban J connectivity index is 1.36. The number of esters is 1. The maximum absolute atomic E-state index is 12.6. The smallest absolute Gasteiger partial charge is 0.314 e. The van der Waals surface area contributed by atoms with Crippen molar-refractivity contribution in [3.63, 3.8) is 0 Å². The summed E-state index contributed by atoms with van der Waals surface area (Å²) in [6.45, 7) is 5.22. The molecule has 2 saturated carbocycles. The van der Waals surface area contributed by atoms with Crippen LogP contribution in [0.25, 0.3) is 0 Å². The standard InChI is InChI=1S/C26H41NO3/c1-3-5-6-7-18-29-25-17-16-24(19-27-25)30-26(28)23-14-12-22(13-15-23)21-10-8-20(4-2)9-11-21/h16-17,19-23H,3-15,18H2,1-2H3/t20-,21-,22-,23-. The third-order valence-electron chi connectivity index (χ3n) is 7.42. The Hall–Kier alpha value is -1.58. The van der Waals surface area contributed by atoms with Crippen LogP contribution < -0.4 is 9.47 Å². The molecule has 0 atom stereocenters. The average Bonchev–Trinajstić information content (AvgIpc) is 2.80. The molecule has 30 heavy (non-hydrogen) atoms. The van der Waals surface area contributed by atoms with Crippen molar-refractivity contribution in [3.8, 4) is 11.6 Å². The van der Waals surface area contributed by atoms with Crippen molar-refractivity contribution in [2.24, 2.45) is 23.7 Å². The van der Waals surface area contributed by atoms with Crippen LogP contribution >= 0.6 is 0 Å². The second kappa shape index (κ2) is 12.3. The molecule has 2 fully saturated rings. The first-order valence-electron chi connectivity index (χ1n) is 12.5. The fourth-order valence-corrected chi connectivity index (χ4v) is 5.31. The maximum atomic E-state index is 12.6. The molecule has 2 aliphatic rings. The van der Waals surface area contributed by atoms with Crippen molar-refractivity contribution < 1.29 is 14.3 Å². The van der Waals surface area contributed by atoms with Crippen LogP contribution in [0, 0.1) is 23.7 Å². The van der Waals surface area contributed by atoms with Gasteiger partial charge in [-0.05, 0) is 68.8 Å². The van der Waals surface area contributed by atoms with Crippen LogP contribution in [-0.2, 0) is 4.79 Å². The molecule has 0 radical (unpaired) electrons. The predicted octanol–water partition coefficient (Wildman–Crippen LogP) is 6.97. The normalized spacial score (nSPS) is 26.9. The zero-order valence-corrected chi connectivity index (χ0v) is 19.1. The zero-order chi connectivity index (χ0) is 21.2. The van der Waals surface area contributed by atoms with E-state index in [0.717, 1.165) is 37.0 Å². The molecule has 4 heteroatoms. The van der Waals surface area contributed by atoms with Gasteiger partial charge >= 0.3 is 5.97 Å². The molecule has 0 aromatic carbocycles. The molecule has 0 aliphatic heterocycles. The molecule has 0 amide bonds. The van der Waals surface area contributed by atoms with Crippen LogP contribution in [0.2, 0.25) is 0 Å². The summed E-state index contributed by atoms with van der Waals surface area (Å²) in [6.07, 6.45) is 17.6. The van der Waals surface area contributed by atoms with Crippen molar-refractivity contribution in [2.75, 3.05) is 6.61 Å². The van der Waals surface area contributed by atoms with Gasteiger partial charge in [-0.25, -0.2) is 4.98 Å². The van der Waals surface area contributed by atoms with E-state index in [9.17, 15) is 4.79 Å². The summed E-state index contributed by atoms with van der Waals surface area (Å²) in [5, 5.41) is 0. The zero-order valence-electron chi connectivity index (χ0n) is 19.1. The second-order valence-corrected chi connectivity index (χ2v) is 9.46. The highest BCUT2D eigenvalue weighted by atomic mass is 16.5. The monoisotopic (exact) mass is 415 g/mol. The van der Waals surface area contributed by atoms with E-state index >= 15 is 0 Å². The largest absolute Gasteiger partial charge is 0.478 e. The molecule has 0 spiro atoms. The van der Waals surface area contributed by atoms with Crippen molar-refractivity contribution in [1.29, 1.82) is 0 Å². The molecular formula is C26H41NO3. The highest BCUT2D eigenvalue weighted by Gasteiger charge is 2.33. The Morgan fingerprint density at radius 1 is 0.933 bits per heavy atom. The van der Waals surface area contributed by atoms with E-state index in [-0.39, 0.29) is 11.9 Å². The van der Waals surface area contributed by atoms with Crippen LogP contribution in [0.3, 0.4) is 0 Å².